The van der Waals surface area contributed by atoms with Crippen LogP contribution >= 0.6 is 11.8 Å². The summed E-state index contributed by atoms with van der Waals surface area (Å²) in [5.74, 6) is -9.14. The summed E-state index contributed by atoms with van der Waals surface area (Å²) in [4.78, 5) is 141. The van der Waals surface area contributed by atoms with Crippen molar-refractivity contribution in [3.05, 3.63) is 23.8 Å². The lowest BCUT2D eigenvalue weighted by Gasteiger charge is -2.32. The lowest BCUT2D eigenvalue weighted by Crippen LogP contribution is -2.61. The van der Waals surface area contributed by atoms with Crippen molar-refractivity contribution in [2.24, 2.45) is 11.8 Å². The van der Waals surface area contributed by atoms with E-state index in [1.54, 1.807) is 46.9 Å². The number of aromatic hydroxyl groups is 1. The van der Waals surface area contributed by atoms with Gasteiger partial charge in [-0.3, -0.25) is 43.2 Å². The zero-order chi connectivity index (χ0) is 58.3. The maximum absolute atomic E-state index is 14.6. The van der Waals surface area contributed by atoms with E-state index in [0.717, 1.165) is 18.4 Å². The van der Waals surface area contributed by atoms with Crippen LogP contribution in [0.3, 0.4) is 0 Å². The number of phenols is 1. The van der Waals surface area contributed by atoms with Gasteiger partial charge in [0, 0.05) is 50.5 Å². The Morgan fingerprint density at radius 3 is 2.06 bits per heavy atom. The van der Waals surface area contributed by atoms with E-state index in [-0.39, 0.29) is 38.1 Å². The maximum atomic E-state index is 14.6. The van der Waals surface area contributed by atoms with Crippen LogP contribution in [0, 0.1) is 11.8 Å². The van der Waals surface area contributed by atoms with E-state index in [4.69, 9.17) is 9.84 Å². The Balaban J connectivity index is 0.00000790. The zero-order valence-corrected chi connectivity index (χ0v) is 46.6. The molecule has 0 saturated carbocycles. The van der Waals surface area contributed by atoms with Crippen molar-refractivity contribution in [1.29, 1.82) is 0 Å². The largest absolute Gasteiger partial charge is 0.508 e. The van der Waals surface area contributed by atoms with Crippen LogP contribution in [0.1, 0.15) is 98.5 Å². The predicted octanol–water partition coefficient (Wildman–Crippen LogP) is -1.33. The standard InChI is InChI=1S/C50H77N11O14S.CH4O/c1-8-27(2)41-45(71)55-23-38(66)53-24-39(67)56-34(22-37(65)51-17-11-9-10-12-18-52-49(74)75-50(4,5)6)48(73)61-19-13-14-35(61)44(70)60-42(28(3)36(64)26-62)46(72)57-33(43(69)54-25-40(68)59-41)21-31-30-16-15-29(63)20-32(30)58-47(31)76-7;1-2/h15-16,20,27-28,33-36,41-42,58,62-64H,8-14,17-19,21-26H2,1-7H3,(H,51,65)(H,52,74)(H,53,66)(H,54,69)(H,55,71)(H,56,67)(H,57,72)(H,59,68)(H,60,70);2H,1H3/t27?,28-,33?,34?,35?,36?,41?,42?;/m0./s1. The van der Waals surface area contributed by atoms with Crippen LogP contribution in [0.5, 0.6) is 5.75 Å². The van der Waals surface area contributed by atoms with Gasteiger partial charge in [0.25, 0.3) is 0 Å². The third-order valence-corrected chi connectivity index (χ3v) is 13.8. The molecule has 14 N–H and O–H groups in total. The van der Waals surface area contributed by atoms with Gasteiger partial charge in [-0.2, -0.15) is 0 Å². The summed E-state index contributed by atoms with van der Waals surface area (Å²) in [5, 5.41) is 62.4. The molecule has 2 saturated heterocycles. The Bertz CT molecular complexity index is 2400. The highest BCUT2D eigenvalue weighted by Crippen LogP contribution is 2.32. The second-order valence-electron chi connectivity index (χ2n) is 20.1. The number of carbonyl (C=O) groups is 10. The molecule has 4 rings (SSSR count). The van der Waals surface area contributed by atoms with Crippen molar-refractivity contribution in [2.45, 2.75) is 146 Å². The molecule has 27 heteroatoms. The summed E-state index contributed by atoms with van der Waals surface area (Å²) in [7, 11) is 1.00. The van der Waals surface area contributed by atoms with Crippen LogP contribution in [-0.4, -0.2) is 191 Å². The van der Waals surface area contributed by atoms with Gasteiger partial charge in [0.15, 0.2) is 0 Å². The fourth-order valence-electron chi connectivity index (χ4n) is 8.62. The zero-order valence-electron chi connectivity index (χ0n) is 45.8. The smallest absolute Gasteiger partial charge is 0.407 e. The summed E-state index contributed by atoms with van der Waals surface area (Å²) < 4.78 is 5.23. The summed E-state index contributed by atoms with van der Waals surface area (Å²) in [6, 6.07) is -2.62. The highest BCUT2D eigenvalue weighted by molar-refractivity contribution is 7.98. The van der Waals surface area contributed by atoms with Crippen molar-refractivity contribution >= 4 is 81.9 Å². The number of unbranched alkanes of at least 4 members (excludes halogenated alkanes) is 3. The van der Waals surface area contributed by atoms with Crippen LogP contribution in [0.4, 0.5) is 4.79 Å². The number of amides is 10. The van der Waals surface area contributed by atoms with Gasteiger partial charge in [0.05, 0.1) is 49.3 Å². The number of ether oxygens (including phenoxy) is 1. The van der Waals surface area contributed by atoms with Crippen molar-refractivity contribution < 1.29 is 73.1 Å². The quantitative estimate of drug-likeness (QED) is 0.0644. The van der Waals surface area contributed by atoms with E-state index in [1.165, 1.54) is 30.8 Å². The molecule has 3 heterocycles. The number of carbonyl (C=O) groups excluding carboxylic acids is 10. The summed E-state index contributed by atoms with van der Waals surface area (Å²) >= 11 is 1.28. The van der Waals surface area contributed by atoms with Crippen molar-refractivity contribution in [1.82, 2.24) is 57.7 Å². The highest BCUT2D eigenvalue weighted by atomic mass is 32.2. The molecule has 2 aromatic rings. The number of aromatic amines is 1. The SMILES string of the molecule is CCC(C)C1NC(=O)CNC(=O)C(Cc2c(SC)[nH]c3cc(O)ccc23)NC(=O)C([C@@H](C)C(O)CO)NC(=O)C2CCCN2C(=O)C(CC(=O)NCCCCCCNC(=O)OC(C)(C)C)NC(=O)CNC(=O)CNC1=O.CO. The number of nitrogens with zero attached hydrogens (tertiary/aromatic N) is 1. The van der Waals surface area contributed by atoms with Gasteiger partial charge < -0.3 is 82.9 Å². The van der Waals surface area contributed by atoms with Crippen LogP contribution in [0.25, 0.3) is 10.9 Å². The second kappa shape index (κ2) is 32.3. The number of rotatable bonds is 17. The molecule has 1 aromatic heterocycles. The lowest BCUT2D eigenvalue weighted by molar-refractivity contribution is -0.143. The van der Waals surface area contributed by atoms with Crippen LogP contribution < -0.4 is 47.9 Å². The minimum absolute atomic E-state index is 0.0105. The molecular formula is C51H81N11O15S. The normalized spacial score (nSPS) is 21.8. The summed E-state index contributed by atoms with van der Waals surface area (Å²) in [5.41, 5.74) is 0.425. The number of H-pyrrole nitrogens is 1. The van der Waals surface area contributed by atoms with Crippen LogP contribution in [0.15, 0.2) is 23.2 Å². The molecule has 0 radical (unpaired) electrons. The number of aromatic nitrogens is 1. The molecule has 2 aliphatic heterocycles. The lowest BCUT2D eigenvalue weighted by atomic mass is 9.94. The Morgan fingerprint density at radius 2 is 1.42 bits per heavy atom. The number of hydrogen-bond donors (Lipinski definition) is 14. The van der Waals surface area contributed by atoms with Gasteiger partial charge in [-0.05, 0) is 76.3 Å². The molecule has 0 aliphatic carbocycles. The second-order valence-corrected chi connectivity index (χ2v) is 20.9. The van der Waals surface area contributed by atoms with Crippen molar-refractivity contribution in [3.63, 3.8) is 0 Å². The number of alkyl carbamates (subject to hydrolysis) is 1. The van der Waals surface area contributed by atoms with E-state index in [2.05, 4.69) is 52.8 Å². The number of aliphatic hydroxyl groups is 3. The van der Waals surface area contributed by atoms with Gasteiger partial charge in [0.1, 0.15) is 41.6 Å². The molecule has 78 heavy (non-hydrogen) atoms. The first-order valence-corrected chi connectivity index (χ1v) is 27.4. The highest BCUT2D eigenvalue weighted by Gasteiger charge is 2.42. The van der Waals surface area contributed by atoms with Gasteiger partial charge in [-0.15, -0.1) is 11.8 Å². The van der Waals surface area contributed by atoms with E-state index >= 15 is 0 Å². The molecule has 436 valence electrons. The Hall–Kier alpha value is -6.71. The van der Waals surface area contributed by atoms with Gasteiger partial charge >= 0.3 is 6.09 Å². The number of fused-ring (bicyclic) bond motifs is 2. The summed E-state index contributed by atoms with van der Waals surface area (Å²) in [6.07, 6.45) is 2.23. The van der Waals surface area contributed by atoms with Crippen LogP contribution in [-0.2, 0) is 54.3 Å². The molecule has 7 unspecified atom stereocenters. The average molecular weight is 1120 g/mol. The first-order valence-electron chi connectivity index (χ1n) is 26.1. The molecule has 2 fully saturated rings. The first-order chi connectivity index (χ1) is 37.0. The average Bonchev–Trinajstić information content (AvgIpc) is 4.04. The number of aliphatic hydroxyl groups excluding tert-OH is 3. The molecule has 0 bridgehead atoms. The van der Waals surface area contributed by atoms with Crippen molar-refractivity contribution in [2.75, 3.05) is 59.2 Å². The molecule has 1 aromatic carbocycles. The van der Waals surface area contributed by atoms with Crippen LogP contribution in [0.2, 0.25) is 0 Å². The fourth-order valence-corrected chi connectivity index (χ4v) is 9.27. The van der Waals surface area contributed by atoms with E-state index in [1.807, 2.05) is 0 Å². The number of phenolic OH excluding ortho intramolecular Hbond substituents is 1. The molecule has 0 spiro atoms. The van der Waals surface area contributed by atoms with E-state index < -0.39 is 146 Å². The predicted molar refractivity (Wildman–Crippen MR) is 287 cm³/mol. The first kappa shape index (κ1) is 65.6. The Kier molecular flexibility index (Phi) is 27.1. The molecular weight excluding hydrogens is 1040 g/mol. The third-order valence-electron chi connectivity index (χ3n) is 13.1. The van der Waals surface area contributed by atoms with Crippen molar-refractivity contribution in [3.8, 4) is 5.75 Å². The molecule has 26 nitrogen and oxygen atoms in total. The Labute approximate surface area is 458 Å². The number of thioether (sulfide) groups is 1. The minimum Gasteiger partial charge on any atom is -0.508 e. The number of nitrogens with one attached hydrogen (secondary N) is 10. The summed E-state index contributed by atoms with van der Waals surface area (Å²) in [6.45, 7) is 7.88. The maximum Gasteiger partial charge on any atom is 0.407 e. The Morgan fingerprint density at radius 1 is 0.795 bits per heavy atom. The third kappa shape index (κ3) is 20.6. The minimum atomic E-state index is -1.66. The fraction of sp³-hybridized carbons (Fsp3) is 0.647. The molecule has 10 amide bonds. The molecule has 8 atom stereocenters. The monoisotopic (exact) mass is 1120 g/mol. The molecule has 2 aliphatic rings. The van der Waals surface area contributed by atoms with Gasteiger partial charge in [-0.1, -0.05) is 40.0 Å². The van der Waals surface area contributed by atoms with Gasteiger partial charge in [0.2, 0.25) is 53.2 Å². The number of hydrogen-bond acceptors (Lipinski definition) is 16. The number of benzene rings is 1. The van der Waals surface area contributed by atoms with E-state index in [9.17, 15) is 63.3 Å². The topological polar surface area (TPSA) is 388 Å². The van der Waals surface area contributed by atoms with E-state index in [0.29, 0.717) is 53.7 Å². The van der Waals surface area contributed by atoms with Gasteiger partial charge in [-0.25, -0.2) is 4.79 Å².